The molecule has 3 rings (SSSR count). The number of aromatic nitrogens is 3. The molecule has 0 saturated carbocycles. The van der Waals surface area contributed by atoms with Gasteiger partial charge in [-0.1, -0.05) is 11.3 Å². The van der Waals surface area contributed by atoms with Crippen LogP contribution in [0.2, 0.25) is 0 Å². The molecule has 0 aliphatic carbocycles. The monoisotopic (exact) mass is 348 g/mol. The van der Waals surface area contributed by atoms with E-state index in [1.165, 1.54) is 20.9 Å². The maximum Gasteiger partial charge on any atom is 0.273 e. The number of aliphatic hydroxyl groups excluding tert-OH is 1. The van der Waals surface area contributed by atoms with Gasteiger partial charge in [-0.25, -0.2) is 4.68 Å². The minimum Gasteiger partial charge on any atom is -0.386 e. The predicted molar refractivity (Wildman–Crippen MR) is 89.7 cm³/mol. The highest BCUT2D eigenvalue weighted by molar-refractivity contribution is 7.09. The number of nitrogens with zero attached hydrogens (tertiary/aromatic N) is 3. The van der Waals surface area contributed by atoms with E-state index in [-0.39, 0.29) is 18.1 Å². The van der Waals surface area contributed by atoms with Gasteiger partial charge in [0, 0.05) is 11.4 Å². The molecule has 0 aliphatic rings. The van der Waals surface area contributed by atoms with Crippen LogP contribution in [-0.4, -0.2) is 32.6 Å². The standard InChI is InChI=1S/C15H16N4O2S2/c20-14(11-4-7-22-10-11)9-19-8-13(17-18-19)15(21)16-5-3-12-2-1-6-23-12/h1-2,4,6-8,10,14,20H,3,5,9H2,(H,16,21)/t14-/m0/s1. The summed E-state index contributed by atoms with van der Waals surface area (Å²) in [4.78, 5) is 13.2. The average Bonchev–Trinajstić information content (AvgIpc) is 3.29. The van der Waals surface area contributed by atoms with Crippen LogP contribution >= 0.6 is 22.7 Å². The third-order valence-corrected chi connectivity index (χ3v) is 4.93. The molecule has 0 radical (unpaired) electrons. The van der Waals surface area contributed by atoms with Gasteiger partial charge in [0.15, 0.2) is 5.69 Å². The summed E-state index contributed by atoms with van der Waals surface area (Å²) in [5.41, 5.74) is 1.10. The molecule has 6 nitrogen and oxygen atoms in total. The summed E-state index contributed by atoms with van der Waals surface area (Å²) in [6.07, 6.45) is 1.70. The first kappa shape index (κ1) is 15.9. The van der Waals surface area contributed by atoms with Crippen LogP contribution in [0.3, 0.4) is 0 Å². The van der Waals surface area contributed by atoms with Gasteiger partial charge in [0.25, 0.3) is 5.91 Å². The molecule has 0 saturated heterocycles. The predicted octanol–water partition coefficient (Wildman–Crippen LogP) is 2.11. The maximum absolute atomic E-state index is 12.0. The largest absolute Gasteiger partial charge is 0.386 e. The van der Waals surface area contributed by atoms with Crippen molar-refractivity contribution in [2.75, 3.05) is 6.54 Å². The lowest BCUT2D eigenvalue weighted by Gasteiger charge is -2.07. The molecule has 23 heavy (non-hydrogen) atoms. The fourth-order valence-corrected chi connectivity index (χ4v) is 3.50. The van der Waals surface area contributed by atoms with Gasteiger partial charge in [-0.2, -0.15) is 11.3 Å². The lowest BCUT2D eigenvalue weighted by molar-refractivity contribution is 0.0949. The van der Waals surface area contributed by atoms with E-state index in [1.54, 1.807) is 17.5 Å². The van der Waals surface area contributed by atoms with Crippen molar-refractivity contribution in [1.29, 1.82) is 0 Å². The molecule has 0 fully saturated rings. The summed E-state index contributed by atoms with van der Waals surface area (Å²) in [5.74, 6) is -0.252. The summed E-state index contributed by atoms with van der Waals surface area (Å²) in [6, 6.07) is 5.90. The van der Waals surface area contributed by atoms with Crippen LogP contribution in [0.15, 0.2) is 40.5 Å². The van der Waals surface area contributed by atoms with Crippen molar-refractivity contribution < 1.29 is 9.90 Å². The molecule has 0 aromatic carbocycles. The molecule has 0 unspecified atom stereocenters. The second kappa shape index (κ2) is 7.49. The number of carbonyl (C=O) groups is 1. The molecule has 8 heteroatoms. The van der Waals surface area contributed by atoms with Crippen LogP contribution in [-0.2, 0) is 13.0 Å². The van der Waals surface area contributed by atoms with Crippen molar-refractivity contribution in [3.8, 4) is 0 Å². The van der Waals surface area contributed by atoms with E-state index >= 15 is 0 Å². The normalized spacial score (nSPS) is 12.2. The zero-order valence-corrected chi connectivity index (χ0v) is 13.9. The van der Waals surface area contributed by atoms with Gasteiger partial charge in [-0.05, 0) is 40.3 Å². The summed E-state index contributed by atoms with van der Waals surface area (Å²) in [6.45, 7) is 0.829. The number of thiophene rings is 2. The number of rotatable bonds is 7. The zero-order valence-electron chi connectivity index (χ0n) is 12.3. The van der Waals surface area contributed by atoms with Gasteiger partial charge in [0.05, 0.1) is 18.8 Å². The van der Waals surface area contributed by atoms with E-state index in [2.05, 4.69) is 15.6 Å². The fourth-order valence-electron chi connectivity index (χ4n) is 2.08. The molecule has 3 heterocycles. The quantitative estimate of drug-likeness (QED) is 0.685. The van der Waals surface area contributed by atoms with Crippen LogP contribution < -0.4 is 5.32 Å². The molecule has 0 aliphatic heterocycles. The smallest absolute Gasteiger partial charge is 0.273 e. The minimum absolute atomic E-state index is 0.252. The first-order chi connectivity index (χ1) is 11.2. The number of hydrogen-bond donors (Lipinski definition) is 2. The first-order valence-electron chi connectivity index (χ1n) is 7.13. The molecule has 2 N–H and O–H groups in total. The Hall–Kier alpha value is -2.03. The zero-order chi connectivity index (χ0) is 16.1. The number of nitrogens with one attached hydrogen (secondary N) is 1. The van der Waals surface area contributed by atoms with Crippen LogP contribution in [0.5, 0.6) is 0 Å². The molecule has 0 bridgehead atoms. The van der Waals surface area contributed by atoms with E-state index in [9.17, 15) is 9.90 Å². The Morgan fingerprint density at radius 3 is 3.04 bits per heavy atom. The fraction of sp³-hybridized carbons (Fsp3) is 0.267. The second-order valence-electron chi connectivity index (χ2n) is 4.98. The summed E-state index contributed by atoms with van der Waals surface area (Å²) < 4.78 is 1.48. The number of amides is 1. The van der Waals surface area contributed by atoms with E-state index in [4.69, 9.17) is 0 Å². The first-order valence-corrected chi connectivity index (χ1v) is 8.95. The van der Waals surface area contributed by atoms with Crippen molar-refractivity contribution in [3.63, 3.8) is 0 Å². The highest BCUT2D eigenvalue weighted by Crippen LogP contribution is 2.17. The van der Waals surface area contributed by atoms with Gasteiger partial charge < -0.3 is 10.4 Å². The van der Waals surface area contributed by atoms with Crippen molar-refractivity contribution in [1.82, 2.24) is 20.3 Å². The summed E-state index contributed by atoms with van der Waals surface area (Å²) in [7, 11) is 0. The topological polar surface area (TPSA) is 80.0 Å². The van der Waals surface area contributed by atoms with E-state index in [0.29, 0.717) is 6.54 Å². The highest BCUT2D eigenvalue weighted by atomic mass is 32.1. The van der Waals surface area contributed by atoms with Crippen LogP contribution in [0, 0.1) is 0 Å². The van der Waals surface area contributed by atoms with Gasteiger partial charge in [0.1, 0.15) is 0 Å². The molecular formula is C15H16N4O2S2. The Balaban J connectivity index is 1.50. The summed E-state index contributed by atoms with van der Waals surface area (Å²) >= 11 is 3.20. The third kappa shape index (κ3) is 4.25. The Morgan fingerprint density at radius 2 is 2.30 bits per heavy atom. The number of aliphatic hydroxyl groups is 1. The van der Waals surface area contributed by atoms with Gasteiger partial charge >= 0.3 is 0 Å². The maximum atomic E-state index is 12.0. The van der Waals surface area contributed by atoms with Crippen molar-refractivity contribution >= 4 is 28.6 Å². The van der Waals surface area contributed by atoms with E-state index < -0.39 is 6.10 Å². The van der Waals surface area contributed by atoms with Crippen molar-refractivity contribution in [3.05, 3.63) is 56.7 Å². The number of carbonyl (C=O) groups excluding carboxylic acids is 1. The molecular weight excluding hydrogens is 332 g/mol. The second-order valence-corrected chi connectivity index (χ2v) is 6.80. The Labute approximate surface area is 141 Å². The lowest BCUT2D eigenvalue weighted by atomic mass is 10.2. The Morgan fingerprint density at radius 1 is 1.39 bits per heavy atom. The summed E-state index contributed by atoms with van der Waals surface area (Å²) in [5, 5.41) is 26.5. The molecule has 1 amide bonds. The molecule has 3 aromatic rings. The van der Waals surface area contributed by atoms with Gasteiger partial charge in [-0.15, -0.1) is 16.4 Å². The Bertz CT molecular complexity index is 737. The third-order valence-electron chi connectivity index (χ3n) is 3.30. The lowest BCUT2D eigenvalue weighted by Crippen LogP contribution is -2.25. The van der Waals surface area contributed by atoms with Crippen molar-refractivity contribution in [2.24, 2.45) is 0 Å². The van der Waals surface area contributed by atoms with Crippen LogP contribution in [0.4, 0.5) is 0 Å². The molecule has 1 atom stereocenters. The van der Waals surface area contributed by atoms with E-state index in [1.807, 2.05) is 34.3 Å². The van der Waals surface area contributed by atoms with Crippen molar-refractivity contribution in [2.45, 2.75) is 19.1 Å². The highest BCUT2D eigenvalue weighted by Gasteiger charge is 2.14. The molecule has 120 valence electrons. The number of hydrogen-bond acceptors (Lipinski definition) is 6. The van der Waals surface area contributed by atoms with Crippen LogP contribution in [0.25, 0.3) is 0 Å². The van der Waals surface area contributed by atoms with E-state index in [0.717, 1.165) is 12.0 Å². The molecule has 3 aromatic heterocycles. The van der Waals surface area contributed by atoms with Crippen LogP contribution in [0.1, 0.15) is 27.0 Å². The minimum atomic E-state index is -0.655. The van der Waals surface area contributed by atoms with Gasteiger partial charge in [0.2, 0.25) is 0 Å². The average molecular weight is 348 g/mol. The molecule has 0 spiro atoms. The SMILES string of the molecule is O=C(NCCc1cccs1)c1cn(C[C@H](O)c2ccsc2)nn1. The van der Waals surface area contributed by atoms with Gasteiger partial charge in [-0.3, -0.25) is 4.79 Å². The Kier molecular flexibility index (Phi) is 5.16.